The van der Waals surface area contributed by atoms with Crippen LogP contribution >= 0.6 is 28.7 Å². The molecule has 1 N–H and O–H groups in total. The summed E-state index contributed by atoms with van der Waals surface area (Å²) in [6.07, 6.45) is 0.122. The Bertz CT molecular complexity index is 296. The summed E-state index contributed by atoms with van der Waals surface area (Å²) in [6.45, 7) is 9.96. The average molecular weight is 304 g/mol. The fourth-order valence-corrected chi connectivity index (χ4v) is 4.44. The summed E-state index contributed by atoms with van der Waals surface area (Å²) < 4.78 is 11.2. The molecule has 0 aliphatic heterocycles. The molecule has 3 nitrogen and oxygen atoms in total. The van der Waals surface area contributed by atoms with Crippen LogP contribution in [0, 0.1) is 5.92 Å². The Labute approximate surface area is 111 Å². The molecule has 98 valence electrons. The van der Waals surface area contributed by atoms with Crippen LogP contribution in [-0.2, 0) is 20.5 Å². The molecular weight excluding hydrogens is 283 g/mol. The Kier molecular flexibility index (Phi) is 8.03. The van der Waals surface area contributed by atoms with Crippen LogP contribution in [0.4, 0.5) is 0 Å². The maximum atomic E-state index is 9.51. The monoisotopic (exact) mass is 304 g/mol. The van der Waals surface area contributed by atoms with E-state index in [1.807, 2.05) is 34.6 Å². The minimum atomic E-state index is -2.97. The lowest BCUT2D eigenvalue weighted by molar-refractivity contribution is 0.286. The number of rotatable bonds is 5. The highest BCUT2D eigenvalue weighted by molar-refractivity contribution is 8.59. The van der Waals surface area contributed by atoms with Gasteiger partial charge in [-0.2, -0.15) is 0 Å². The Morgan fingerprint density at radius 1 is 1.44 bits per heavy atom. The van der Waals surface area contributed by atoms with Gasteiger partial charge in [0.05, 0.1) is 6.10 Å². The van der Waals surface area contributed by atoms with Crippen LogP contribution in [0.5, 0.6) is 0 Å². The zero-order valence-corrected chi connectivity index (χ0v) is 13.8. The molecule has 0 heterocycles. The molecule has 0 saturated heterocycles. The lowest BCUT2D eigenvalue weighted by Crippen LogP contribution is -2.13. The largest absolute Gasteiger partial charge is 0.337 e. The van der Waals surface area contributed by atoms with E-state index in [-0.39, 0.29) is 12.0 Å². The fourth-order valence-electron chi connectivity index (χ4n) is 1.02. The summed E-state index contributed by atoms with van der Waals surface area (Å²) in [5, 5.41) is 0.719. The molecule has 0 aromatic rings. The maximum Gasteiger partial charge on any atom is 0.246 e. The lowest BCUT2D eigenvalue weighted by Gasteiger charge is -2.21. The van der Waals surface area contributed by atoms with Crippen molar-refractivity contribution in [3.63, 3.8) is 0 Å². The molecule has 0 radical (unpaired) electrons. The van der Waals surface area contributed by atoms with Gasteiger partial charge in [-0.15, -0.1) is 0 Å². The number of hydrogen-bond acceptors (Lipinski definition) is 3. The second-order valence-corrected chi connectivity index (χ2v) is 10.8. The van der Waals surface area contributed by atoms with E-state index in [1.165, 1.54) is 0 Å². The molecule has 0 aromatic heterocycles. The number of thiol groups is 1. The number of hydrogen-bond donors (Lipinski definition) is 2. The second-order valence-electron chi connectivity index (χ2n) is 3.83. The van der Waals surface area contributed by atoms with Crippen molar-refractivity contribution >= 4 is 45.6 Å². The van der Waals surface area contributed by atoms with Crippen molar-refractivity contribution in [2.24, 2.45) is 5.92 Å². The van der Waals surface area contributed by atoms with Crippen LogP contribution in [0.25, 0.3) is 0 Å². The first-order valence-electron chi connectivity index (χ1n) is 5.17. The van der Waals surface area contributed by atoms with E-state index in [0.717, 1.165) is 10.8 Å². The highest BCUT2D eigenvalue weighted by atomic mass is 32.9. The van der Waals surface area contributed by atoms with E-state index in [2.05, 4.69) is 12.2 Å². The van der Waals surface area contributed by atoms with Gasteiger partial charge in [0.2, 0.25) is 5.69 Å². The van der Waals surface area contributed by atoms with Gasteiger partial charge >= 0.3 is 0 Å². The van der Waals surface area contributed by atoms with Gasteiger partial charge in [-0.25, -0.2) is 0 Å². The van der Waals surface area contributed by atoms with Gasteiger partial charge in [-0.3, -0.25) is 4.52 Å². The van der Waals surface area contributed by atoms with Gasteiger partial charge in [-0.05, 0) is 36.4 Å². The van der Waals surface area contributed by atoms with Gasteiger partial charge in [0.25, 0.3) is 0 Å². The third-order valence-corrected chi connectivity index (χ3v) is 4.65. The first-order chi connectivity index (χ1) is 7.17. The van der Waals surface area contributed by atoms with Crippen molar-refractivity contribution in [3.05, 3.63) is 0 Å². The standard InChI is InChI=1S/C9H21O3PS3/c1-6-16(12-8(4)5)9(7(2)3)11-13(10,14)15/h7-8H,6H2,1-5H3,(H2,10,14,15). The fraction of sp³-hybridized carbons (Fsp3) is 0.889. The van der Waals surface area contributed by atoms with Crippen LogP contribution in [-0.4, -0.2) is 21.8 Å². The first-order valence-corrected chi connectivity index (χ1v) is 10.3. The molecule has 0 amide bonds. The summed E-state index contributed by atoms with van der Waals surface area (Å²) in [6, 6.07) is 0. The van der Waals surface area contributed by atoms with E-state index in [9.17, 15) is 4.89 Å². The third kappa shape index (κ3) is 7.43. The maximum absolute atomic E-state index is 9.51. The van der Waals surface area contributed by atoms with Crippen LogP contribution in [0.2, 0.25) is 0 Å². The minimum Gasteiger partial charge on any atom is -0.337 e. The molecule has 0 aliphatic carbocycles. The van der Waals surface area contributed by atoms with E-state index < -0.39 is 16.5 Å². The molecule has 0 aromatic carbocycles. The van der Waals surface area contributed by atoms with Crippen LogP contribution < -0.4 is 0 Å². The summed E-state index contributed by atoms with van der Waals surface area (Å²) >= 11 is 8.70. The average Bonchev–Trinajstić information content (AvgIpc) is 2.08. The van der Waals surface area contributed by atoms with Gasteiger partial charge in [-0.1, -0.05) is 33.0 Å². The topological polar surface area (TPSA) is 38.7 Å². The molecule has 0 spiro atoms. The molecule has 0 fully saturated rings. The van der Waals surface area contributed by atoms with Crippen molar-refractivity contribution in [2.75, 3.05) is 5.75 Å². The minimum absolute atomic E-state index is 0.122. The van der Waals surface area contributed by atoms with E-state index in [1.54, 1.807) is 0 Å². The molecule has 0 bridgehead atoms. The first kappa shape index (κ1) is 17.1. The molecule has 2 atom stereocenters. The van der Waals surface area contributed by atoms with Crippen LogP contribution in [0.3, 0.4) is 0 Å². The van der Waals surface area contributed by atoms with Crippen LogP contribution in [0.1, 0.15) is 34.6 Å². The van der Waals surface area contributed by atoms with Gasteiger partial charge in [0.15, 0.2) is 0 Å². The van der Waals surface area contributed by atoms with Gasteiger partial charge in [0.1, 0.15) is 5.05 Å². The van der Waals surface area contributed by atoms with Crippen LogP contribution in [0.15, 0.2) is 0 Å². The molecule has 0 aliphatic rings. The summed E-state index contributed by atoms with van der Waals surface area (Å²) in [5.41, 5.74) is -2.97. The van der Waals surface area contributed by atoms with Gasteiger partial charge in [0, 0.05) is 11.7 Å². The Balaban J connectivity index is 5.09. The molecule has 7 heteroatoms. The van der Waals surface area contributed by atoms with Crippen molar-refractivity contribution in [2.45, 2.75) is 40.7 Å². The second kappa shape index (κ2) is 7.52. The quantitative estimate of drug-likeness (QED) is 0.463. The highest BCUT2D eigenvalue weighted by Gasteiger charge is 2.18. The predicted molar refractivity (Wildman–Crippen MR) is 80.8 cm³/mol. The highest BCUT2D eigenvalue weighted by Crippen LogP contribution is 2.49. The predicted octanol–water partition coefficient (Wildman–Crippen LogP) is 3.56. The normalized spacial score (nSPS) is 18.7. The molecule has 0 rings (SSSR count). The summed E-state index contributed by atoms with van der Waals surface area (Å²) in [7, 11) is -0.429. The van der Waals surface area contributed by atoms with E-state index in [0.29, 0.717) is 0 Å². The summed E-state index contributed by atoms with van der Waals surface area (Å²) in [4.78, 5) is 9.51. The van der Waals surface area contributed by atoms with E-state index >= 15 is 0 Å². The van der Waals surface area contributed by atoms with Crippen molar-refractivity contribution in [1.29, 1.82) is 0 Å². The molecule has 0 saturated carbocycles. The van der Waals surface area contributed by atoms with Crippen molar-refractivity contribution in [1.82, 2.24) is 0 Å². The SMILES string of the molecule is CCS(OC(C)C)=C(OP(O)(=S)S)C(C)C. The molecule has 2 unspecified atom stereocenters. The zero-order chi connectivity index (χ0) is 12.9. The summed E-state index contributed by atoms with van der Waals surface area (Å²) in [5.74, 6) is 0.970. The zero-order valence-electron chi connectivity index (χ0n) is 10.3. The smallest absolute Gasteiger partial charge is 0.246 e. The lowest BCUT2D eigenvalue weighted by atomic mass is 10.2. The van der Waals surface area contributed by atoms with Crippen molar-refractivity contribution in [3.8, 4) is 0 Å². The van der Waals surface area contributed by atoms with E-state index in [4.69, 9.17) is 20.5 Å². The Morgan fingerprint density at radius 2 is 1.94 bits per heavy atom. The van der Waals surface area contributed by atoms with Crippen molar-refractivity contribution < 1.29 is 13.6 Å². The Morgan fingerprint density at radius 3 is 2.19 bits per heavy atom. The molecular formula is C9H21O3PS3. The van der Waals surface area contributed by atoms with Gasteiger partial charge < -0.3 is 9.08 Å². The third-order valence-electron chi connectivity index (χ3n) is 1.48. The molecule has 16 heavy (non-hydrogen) atoms. The Hall–Kier alpha value is 1.10.